The molecule has 0 spiro atoms. The fourth-order valence-electron chi connectivity index (χ4n) is 3.37. The summed E-state index contributed by atoms with van der Waals surface area (Å²) in [4.78, 5) is 2.45. The molecule has 0 aromatic carbocycles. The predicted molar refractivity (Wildman–Crippen MR) is 71.0 cm³/mol. The molecule has 0 bridgehead atoms. The number of likely N-dealkylation sites (tertiary alicyclic amines) is 1. The molecule has 1 aliphatic heterocycles. The van der Waals surface area contributed by atoms with E-state index in [1.54, 1.807) is 0 Å². The first-order valence-electron chi connectivity index (χ1n) is 7.25. The van der Waals surface area contributed by atoms with Crippen LogP contribution in [0.15, 0.2) is 0 Å². The summed E-state index contributed by atoms with van der Waals surface area (Å²) in [5, 5.41) is 13.2. The molecule has 1 aliphatic carbocycles. The lowest BCUT2D eigenvalue weighted by molar-refractivity contribution is 0.168. The highest BCUT2D eigenvalue weighted by atomic mass is 16.3. The van der Waals surface area contributed by atoms with Gasteiger partial charge in [0.2, 0.25) is 0 Å². The van der Waals surface area contributed by atoms with Gasteiger partial charge in [-0.1, -0.05) is 0 Å². The van der Waals surface area contributed by atoms with Crippen molar-refractivity contribution in [2.24, 2.45) is 11.8 Å². The van der Waals surface area contributed by atoms with Crippen LogP contribution in [0.25, 0.3) is 0 Å². The maximum absolute atomic E-state index is 9.51. The van der Waals surface area contributed by atoms with Gasteiger partial charge in [0.25, 0.3) is 0 Å². The molecule has 4 atom stereocenters. The Kier molecular flexibility index (Phi) is 4.83. The van der Waals surface area contributed by atoms with Gasteiger partial charge in [-0.2, -0.15) is 0 Å². The van der Waals surface area contributed by atoms with Crippen LogP contribution in [0.1, 0.15) is 39.0 Å². The SMILES string of the molecule is CC(NCC1CCC(O)C1)C1CCCN(C)C1. The van der Waals surface area contributed by atoms with Gasteiger partial charge in [0.1, 0.15) is 0 Å². The summed E-state index contributed by atoms with van der Waals surface area (Å²) in [6.45, 7) is 5.92. The standard InChI is InChI=1S/C14H28N2O/c1-11(13-4-3-7-16(2)10-13)15-9-12-5-6-14(17)8-12/h11-15,17H,3-10H2,1-2H3. The van der Waals surface area contributed by atoms with E-state index in [0.717, 1.165) is 25.3 Å². The Balaban J connectivity index is 1.67. The van der Waals surface area contributed by atoms with Gasteiger partial charge in [0.15, 0.2) is 0 Å². The van der Waals surface area contributed by atoms with Crippen LogP contribution in [0.3, 0.4) is 0 Å². The van der Waals surface area contributed by atoms with Gasteiger partial charge in [-0.25, -0.2) is 0 Å². The third kappa shape index (κ3) is 3.94. The lowest BCUT2D eigenvalue weighted by atomic mass is 9.91. The second kappa shape index (κ2) is 6.17. The number of aliphatic hydroxyl groups excluding tert-OH is 1. The van der Waals surface area contributed by atoms with Crippen LogP contribution < -0.4 is 5.32 Å². The zero-order valence-corrected chi connectivity index (χ0v) is 11.4. The lowest BCUT2D eigenvalue weighted by Crippen LogP contribution is -2.44. The molecule has 1 saturated heterocycles. The molecule has 2 rings (SSSR count). The van der Waals surface area contributed by atoms with Gasteiger partial charge >= 0.3 is 0 Å². The number of rotatable bonds is 4. The fraction of sp³-hybridized carbons (Fsp3) is 1.00. The number of nitrogens with one attached hydrogen (secondary N) is 1. The Morgan fingerprint density at radius 2 is 2.18 bits per heavy atom. The average Bonchev–Trinajstić information content (AvgIpc) is 2.72. The van der Waals surface area contributed by atoms with Crippen molar-refractivity contribution in [3.63, 3.8) is 0 Å². The molecule has 1 heterocycles. The Morgan fingerprint density at radius 1 is 1.35 bits per heavy atom. The first kappa shape index (κ1) is 13.3. The van der Waals surface area contributed by atoms with E-state index in [1.165, 1.54) is 32.4 Å². The minimum atomic E-state index is -0.0297. The predicted octanol–water partition coefficient (Wildman–Crippen LogP) is 1.47. The Hall–Kier alpha value is -0.120. The molecule has 2 aliphatic rings. The Labute approximate surface area is 106 Å². The highest BCUT2D eigenvalue weighted by Gasteiger charge is 2.26. The van der Waals surface area contributed by atoms with Gasteiger partial charge in [-0.15, -0.1) is 0 Å². The van der Waals surface area contributed by atoms with E-state index in [1.807, 2.05) is 0 Å². The number of piperidine rings is 1. The monoisotopic (exact) mass is 240 g/mol. The van der Waals surface area contributed by atoms with Crippen molar-refractivity contribution in [2.75, 3.05) is 26.7 Å². The second-order valence-corrected chi connectivity index (χ2v) is 6.19. The number of nitrogens with zero attached hydrogens (tertiary/aromatic N) is 1. The molecule has 1 saturated carbocycles. The van der Waals surface area contributed by atoms with Gasteiger partial charge in [-0.3, -0.25) is 0 Å². The quantitative estimate of drug-likeness (QED) is 0.781. The minimum absolute atomic E-state index is 0.0297. The van der Waals surface area contributed by atoms with Crippen LogP contribution in [-0.4, -0.2) is 48.8 Å². The van der Waals surface area contributed by atoms with Gasteiger partial charge in [-0.05, 0) is 71.0 Å². The van der Waals surface area contributed by atoms with Crippen LogP contribution >= 0.6 is 0 Å². The van der Waals surface area contributed by atoms with Crippen molar-refractivity contribution in [1.29, 1.82) is 0 Å². The molecule has 0 aromatic rings. The molecule has 2 N–H and O–H groups in total. The fourth-order valence-corrected chi connectivity index (χ4v) is 3.37. The van der Waals surface area contributed by atoms with Crippen LogP contribution in [0.4, 0.5) is 0 Å². The van der Waals surface area contributed by atoms with Crippen LogP contribution in [-0.2, 0) is 0 Å². The number of hydrogen-bond acceptors (Lipinski definition) is 3. The summed E-state index contributed by atoms with van der Waals surface area (Å²) in [5.74, 6) is 1.51. The summed E-state index contributed by atoms with van der Waals surface area (Å²) in [5.41, 5.74) is 0. The third-order valence-electron chi connectivity index (χ3n) is 4.61. The van der Waals surface area contributed by atoms with Crippen molar-refractivity contribution < 1.29 is 5.11 Å². The molecule has 3 heteroatoms. The maximum atomic E-state index is 9.51. The van der Waals surface area contributed by atoms with Crippen molar-refractivity contribution >= 4 is 0 Å². The topological polar surface area (TPSA) is 35.5 Å². The zero-order valence-electron chi connectivity index (χ0n) is 11.4. The summed E-state index contributed by atoms with van der Waals surface area (Å²) in [6.07, 6.45) is 5.89. The molecular weight excluding hydrogens is 212 g/mol. The highest BCUT2D eigenvalue weighted by Crippen LogP contribution is 2.25. The van der Waals surface area contributed by atoms with Crippen LogP contribution in [0, 0.1) is 11.8 Å². The first-order valence-corrected chi connectivity index (χ1v) is 7.25. The average molecular weight is 240 g/mol. The lowest BCUT2D eigenvalue weighted by Gasteiger charge is -2.34. The maximum Gasteiger partial charge on any atom is 0.0543 e. The van der Waals surface area contributed by atoms with E-state index in [9.17, 15) is 5.11 Å². The van der Waals surface area contributed by atoms with Crippen molar-refractivity contribution in [3.05, 3.63) is 0 Å². The van der Waals surface area contributed by atoms with Crippen LogP contribution in [0.2, 0.25) is 0 Å². The first-order chi connectivity index (χ1) is 8.15. The van der Waals surface area contributed by atoms with E-state index >= 15 is 0 Å². The molecule has 0 amide bonds. The van der Waals surface area contributed by atoms with Crippen molar-refractivity contribution in [2.45, 2.75) is 51.2 Å². The Bertz CT molecular complexity index is 234. The van der Waals surface area contributed by atoms with Gasteiger partial charge in [0.05, 0.1) is 6.10 Å². The van der Waals surface area contributed by atoms with E-state index in [-0.39, 0.29) is 6.10 Å². The normalized spacial score (nSPS) is 37.2. The second-order valence-electron chi connectivity index (χ2n) is 6.19. The van der Waals surface area contributed by atoms with Crippen molar-refractivity contribution in [3.8, 4) is 0 Å². The van der Waals surface area contributed by atoms with Crippen LogP contribution in [0.5, 0.6) is 0 Å². The Morgan fingerprint density at radius 3 is 2.82 bits per heavy atom. The third-order valence-corrected chi connectivity index (χ3v) is 4.61. The molecular formula is C14H28N2O. The smallest absolute Gasteiger partial charge is 0.0543 e. The van der Waals surface area contributed by atoms with E-state index in [4.69, 9.17) is 0 Å². The summed E-state index contributed by atoms with van der Waals surface area (Å²) in [7, 11) is 2.23. The molecule has 2 fully saturated rings. The van der Waals surface area contributed by atoms with Gasteiger partial charge in [0, 0.05) is 12.6 Å². The summed E-state index contributed by atoms with van der Waals surface area (Å²) >= 11 is 0. The van der Waals surface area contributed by atoms with E-state index < -0.39 is 0 Å². The minimum Gasteiger partial charge on any atom is -0.393 e. The molecule has 3 nitrogen and oxygen atoms in total. The number of aliphatic hydroxyl groups is 1. The molecule has 100 valence electrons. The van der Waals surface area contributed by atoms with E-state index in [0.29, 0.717) is 12.0 Å². The highest BCUT2D eigenvalue weighted by molar-refractivity contribution is 4.82. The molecule has 0 radical (unpaired) electrons. The molecule has 17 heavy (non-hydrogen) atoms. The summed E-state index contributed by atoms with van der Waals surface area (Å²) in [6, 6.07) is 0.621. The summed E-state index contributed by atoms with van der Waals surface area (Å²) < 4.78 is 0. The van der Waals surface area contributed by atoms with E-state index in [2.05, 4.69) is 24.2 Å². The number of hydrogen-bond donors (Lipinski definition) is 2. The van der Waals surface area contributed by atoms with Gasteiger partial charge < -0.3 is 15.3 Å². The zero-order chi connectivity index (χ0) is 12.3. The molecule has 0 aromatic heterocycles. The molecule has 4 unspecified atom stereocenters. The van der Waals surface area contributed by atoms with Crippen molar-refractivity contribution in [1.82, 2.24) is 10.2 Å². The largest absolute Gasteiger partial charge is 0.393 e.